The number of hydrogen-bond donors (Lipinski definition) is 2. The number of halogens is 4. The van der Waals surface area contributed by atoms with Crippen molar-refractivity contribution in [2.24, 2.45) is 0 Å². The van der Waals surface area contributed by atoms with Crippen LogP contribution < -0.4 is 10.6 Å². The van der Waals surface area contributed by atoms with Crippen LogP contribution in [0.1, 0.15) is 23.2 Å². The first-order valence-corrected chi connectivity index (χ1v) is 11.6. The first kappa shape index (κ1) is 22.5. The van der Waals surface area contributed by atoms with Gasteiger partial charge in [0.25, 0.3) is 0 Å². The van der Waals surface area contributed by atoms with Crippen LogP contribution in [0.25, 0.3) is 0 Å². The number of benzene rings is 4. The summed E-state index contributed by atoms with van der Waals surface area (Å²) in [5.41, 5.74) is 3.67. The summed E-state index contributed by atoms with van der Waals surface area (Å²) in [6.07, 6.45) is 0. The molecule has 4 aromatic rings. The second kappa shape index (κ2) is 10.3. The molecule has 0 aromatic heterocycles. The molecule has 4 aromatic carbocycles. The van der Waals surface area contributed by atoms with E-state index in [0.29, 0.717) is 0 Å². The highest BCUT2D eigenvalue weighted by molar-refractivity contribution is 9.10. The Bertz CT molecular complexity index is 1050. The molecular formula is C26H20Br2F2N2. The normalized spacial score (nSPS) is 12.8. The average molecular weight is 558 g/mol. The van der Waals surface area contributed by atoms with Crippen molar-refractivity contribution >= 4 is 43.2 Å². The molecule has 2 atom stereocenters. The Morgan fingerprint density at radius 2 is 0.781 bits per heavy atom. The van der Waals surface area contributed by atoms with Crippen molar-refractivity contribution in [1.82, 2.24) is 0 Å². The Morgan fingerprint density at radius 3 is 1.09 bits per heavy atom. The summed E-state index contributed by atoms with van der Waals surface area (Å²) in [6.45, 7) is 0. The molecule has 2 N–H and O–H groups in total. The third-order valence-electron chi connectivity index (χ3n) is 5.12. The molecule has 0 bridgehead atoms. The summed E-state index contributed by atoms with van der Waals surface area (Å²) in [5.74, 6) is -0.575. The van der Waals surface area contributed by atoms with Gasteiger partial charge in [-0.25, -0.2) is 8.78 Å². The maximum absolute atomic E-state index is 13.5. The standard InChI is InChI=1S/C26H20Br2F2N2/c27-19-5-1-17(2-6-19)25(31-23-13-9-21(29)10-14-23)26(18-3-7-20(28)8-4-18)32-24-15-11-22(30)12-16-24/h1-16,25-26,31-32H/t25-,26+. The van der Waals surface area contributed by atoms with E-state index in [1.165, 1.54) is 24.3 Å². The van der Waals surface area contributed by atoms with E-state index in [9.17, 15) is 8.78 Å². The van der Waals surface area contributed by atoms with E-state index in [-0.39, 0.29) is 23.7 Å². The third kappa shape index (κ3) is 5.75. The third-order valence-corrected chi connectivity index (χ3v) is 6.18. The summed E-state index contributed by atoms with van der Waals surface area (Å²) < 4.78 is 28.9. The molecule has 32 heavy (non-hydrogen) atoms. The van der Waals surface area contributed by atoms with Crippen molar-refractivity contribution < 1.29 is 8.78 Å². The van der Waals surface area contributed by atoms with E-state index >= 15 is 0 Å². The van der Waals surface area contributed by atoms with Crippen LogP contribution in [0.5, 0.6) is 0 Å². The van der Waals surface area contributed by atoms with Gasteiger partial charge in [-0.1, -0.05) is 56.1 Å². The monoisotopic (exact) mass is 556 g/mol. The fraction of sp³-hybridized carbons (Fsp3) is 0.0769. The summed E-state index contributed by atoms with van der Waals surface area (Å²) in [7, 11) is 0. The summed E-state index contributed by atoms with van der Waals surface area (Å²) >= 11 is 7.00. The molecule has 6 heteroatoms. The molecule has 0 aliphatic rings. The molecule has 0 unspecified atom stereocenters. The lowest BCUT2D eigenvalue weighted by atomic mass is 9.92. The van der Waals surface area contributed by atoms with Gasteiger partial charge in [-0.3, -0.25) is 0 Å². The highest BCUT2D eigenvalue weighted by Gasteiger charge is 2.25. The number of anilines is 2. The lowest BCUT2D eigenvalue weighted by molar-refractivity contribution is 0.624. The second-order valence-corrected chi connectivity index (χ2v) is 9.19. The first-order chi connectivity index (χ1) is 15.5. The first-order valence-electron chi connectivity index (χ1n) is 10.0. The van der Waals surface area contributed by atoms with E-state index < -0.39 is 0 Å². The molecule has 0 heterocycles. The number of nitrogens with one attached hydrogen (secondary N) is 2. The molecule has 2 nitrogen and oxygen atoms in total. The Balaban J connectivity index is 1.78. The summed E-state index contributed by atoms with van der Waals surface area (Å²) in [5, 5.41) is 7.11. The van der Waals surface area contributed by atoms with E-state index in [1.807, 2.05) is 48.5 Å². The molecule has 0 saturated carbocycles. The zero-order chi connectivity index (χ0) is 22.5. The minimum atomic E-state index is -0.287. The largest absolute Gasteiger partial charge is 0.376 e. The lowest BCUT2D eigenvalue weighted by Gasteiger charge is -2.31. The summed E-state index contributed by atoms with van der Waals surface area (Å²) in [6, 6.07) is 28.3. The van der Waals surface area contributed by atoms with E-state index in [0.717, 1.165) is 31.4 Å². The van der Waals surface area contributed by atoms with Crippen LogP contribution in [0, 0.1) is 11.6 Å². The molecule has 0 aliphatic carbocycles. The quantitative estimate of drug-likeness (QED) is 0.238. The van der Waals surface area contributed by atoms with Crippen molar-refractivity contribution in [1.29, 1.82) is 0 Å². The topological polar surface area (TPSA) is 24.1 Å². The van der Waals surface area contributed by atoms with Gasteiger partial charge in [0.15, 0.2) is 0 Å². The van der Waals surface area contributed by atoms with Crippen LogP contribution >= 0.6 is 31.9 Å². The van der Waals surface area contributed by atoms with Crippen LogP contribution in [0.3, 0.4) is 0 Å². The summed E-state index contributed by atoms with van der Waals surface area (Å²) in [4.78, 5) is 0. The van der Waals surface area contributed by atoms with Crippen molar-refractivity contribution in [2.75, 3.05) is 10.6 Å². The van der Waals surface area contributed by atoms with Crippen LogP contribution in [0.4, 0.5) is 20.2 Å². The van der Waals surface area contributed by atoms with E-state index in [4.69, 9.17) is 0 Å². The fourth-order valence-electron chi connectivity index (χ4n) is 3.51. The van der Waals surface area contributed by atoms with Gasteiger partial charge in [0.2, 0.25) is 0 Å². The predicted octanol–water partition coefficient (Wildman–Crippen LogP) is 8.50. The van der Waals surface area contributed by atoms with Crippen LogP contribution in [0.15, 0.2) is 106 Å². The molecule has 0 aliphatic heterocycles. The Morgan fingerprint density at radius 1 is 0.469 bits per heavy atom. The second-order valence-electron chi connectivity index (χ2n) is 7.36. The van der Waals surface area contributed by atoms with Crippen LogP contribution in [-0.2, 0) is 0 Å². The Kier molecular flexibility index (Phi) is 7.22. The average Bonchev–Trinajstić information content (AvgIpc) is 2.80. The van der Waals surface area contributed by atoms with Crippen molar-refractivity contribution in [3.05, 3.63) is 129 Å². The molecular weight excluding hydrogens is 538 g/mol. The Labute approximate surface area is 202 Å². The molecule has 0 amide bonds. The van der Waals surface area contributed by atoms with Crippen LogP contribution in [-0.4, -0.2) is 0 Å². The fourth-order valence-corrected chi connectivity index (χ4v) is 4.04. The maximum Gasteiger partial charge on any atom is 0.123 e. The van der Waals surface area contributed by atoms with Gasteiger partial charge in [-0.05, 0) is 83.9 Å². The van der Waals surface area contributed by atoms with Gasteiger partial charge in [0, 0.05) is 20.3 Å². The highest BCUT2D eigenvalue weighted by atomic mass is 79.9. The smallest absolute Gasteiger partial charge is 0.123 e. The molecule has 0 radical (unpaired) electrons. The molecule has 0 saturated heterocycles. The SMILES string of the molecule is Fc1ccc(N[C@H](c2ccc(Br)cc2)[C@@H](Nc2ccc(F)cc2)c2ccc(Br)cc2)cc1. The minimum Gasteiger partial charge on any atom is -0.376 e. The van der Waals surface area contributed by atoms with Gasteiger partial charge in [-0.15, -0.1) is 0 Å². The molecule has 0 spiro atoms. The van der Waals surface area contributed by atoms with Gasteiger partial charge in [-0.2, -0.15) is 0 Å². The van der Waals surface area contributed by atoms with Crippen molar-refractivity contribution in [3.63, 3.8) is 0 Å². The van der Waals surface area contributed by atoms with Gasteiger partial charge in [0.1, 0.15) is 11.6 Å². The van der Waals surface area contributed by atoms with E-state index in [1.54, 1.807) is 24.3 Å². The van der Waals surface area contributed by atoms with Crippen LogP contribution in [0.2, 0.25) is 0 Å². The zero-order valence-electron chi connectivity index (χ0n) is 16.9. The maximum atomic E-state index is 13.5. The van der Waals surface area contributed by atoms with Crippen molar-refractivity contribution in [2.45, 2.75) is 12.1 Å². The highest BCUT2D eigenvalue weighted by Crippen LogP contribution is 2.36. The molecule has 0 fully saturated rings. The number of rotatable bonds is 7. The zero-order valence-corrected chi connectivity index (χ0v) is 20.1. The van der Waals surface area contributed by atoms with Gasteiger partial charge in [0.05, 0.1) is 12.1 Å². The van der Waals surface area contributed by atoms with Gasteiger partial charge >= 0.3 is 0 Å². The number of hydrogen-bond acceptors (Lipinski definition) is 2. The lowest BCUT2D eigenvalue weighted by Crippen LogP contribution is -2.25. The van der Waals surface area contributed by atoms with Crippen molar-refractivity contribution in [3.8, 4) is 0 Å². The predicted molar refractivity (Wildman–Crippen MR) is 134 cm³/mol. The Hall–Kier alpha value is -2.70. The van der Waals surface area contributed by atoms with E-state index in [2.05, 4.69) is 42.5 Å². The molecule has 162 valence electrons. The van der Waals surface area contributed by atoms with Gasteiger partial charge < -0.3 is 10.6 Å². The molecule has 4 rings (SSSR count). The minimum absolute atomic E-state index is 0.209.